The summed E-state index contributed by atoms with van der Waals surface area (Å²) >= 11 is 0. The van der Waals surface area contributed by atoms with Gasteiger partial charge in [-0.3, -0.25) is 9.59 Å². The van der Waals surface area contributed by atoms with Crippen LogP contribution in [0.15, 0.2) is 75.4 Å². The second-order valence-electron chi connectivity index (χ2n) is 6.47. The van der Waals surface area contributed by atoms with Crippen LogP contribution in [0.25, 0.3) is 0 Å². The summed E-state index contributed by atoms with van der Waals surface area (Å²) in [7, 11) is -1.38. The Morgan fingerprint density at radius 2 is 1.75 bits per heavy atom. The number of carbonyl (C=O) groups is 2. The molecule has 1 aromatic heterocycles. The Labute approximate surface area is 183 Å². The lowest BCUT2D eigenvalue weighted by atomic mass is 10.2. The van der Waals surface area contributed by atoms with Gasteiger partial charge >= 0.3 is 5.97 Å². The van der Waals surface area contributed by atoms with Gasteiger partial charge in [0.15, 0.2) is 5.03 Å². The van der Waals surface area contributed by atoms with E-state index in [1.807, 2.05) is 0 Å². The molecule has 1 heterocycles. The first-order valence-electron chi connectivity index (χ1n) is 9.20. The average molecular weight is 457 g/mol. The Morgan fingerprint density at radius 1 is 1.03 bits per heavy atom. The summed E-state index contributed by atoms with van der Waals surface area (Å²) in [6.07, 6.45) is 0. The molecule has 0 spiro atoms. The van der Waals surface area contributed by atoms with Crippen LogP contribution >= 0.6 is 0 Å². The number of ether oxygens (including phenoxy) is 2. The van der Waals surface area contributed by atoms with Crippen LogP contribution in [0.1, 0.15) is 10.4 Å². The summed E-state index contributed by atoms with van der Waals surface area (Å²) in [4.78, 5) is 35.9. The minimum atomic E-state index is -4.05. The molecule has 0 saturated carbocycles. The van der Waals surface area contributed by atoms with Crippen molar-refractivity contribution in [2.75, 3.05) is 19.5 Å². The monoisotopic (exact) mass is 457 g/mol. The lowest BCUT2D eigenvalue weighted by Gasteiger charge is -2.10. The number of methoxy groups -OCH3 is 2. The third kappa shape index (κ3) is 5.01. The molecule has 32 heavy (non-hydrogen) atoms. The van der Waals surface area contributed by atoms with E-state index in [2.05, 4.69) is 15.2 Å². The number of nitrogens with zero attached hydrogens (tertiary/aromatic N) is 2. The van der Waals surface area contributed by atoms with Crippen molar-refractivity contribution in [2.24, 2.45) is 0 Å². The van der Waals surface area contributed by atoms with E-state index in [0.717, 1.165) is 16.8 Å². The highest BCUT2D eigenvalue weighted by Crippen LogP contribution is 2.22. The van der Waals surface area contributed by atoms with E-state index in [1.165, 1.54) is 56.7 Å². The Kier molecular flexibility index (Phi) is 6.69. The second kappa shape index (κ2) is 9.43. The van der Waals surface area contributed by atoms with Crippen LogP contribution in [-0.4, -0.2) is 44.3 Å². The minimum Gasteiger partial charge on any atom is -0.497 e. The predicted octanol–water partition coefficient (Wildman–Crippen LogP) is 1.51. The number of sulfone groups is 1. The third-order valence-corrected chi connectivity index (χ3v) is 6.00. The minimum absolute atomic E-state index is 0.0651. The highest BCUT2D eigenvalue weighted by molar-refractivity contribution is 7.91. The molecule has 1 N–H and O–H groups in total. The summed E-state index contributed by atoms with van der Waals surface area (Å²) in [6, 6.07) is 13.8. The average Bonchev–Trinajstić information content (AvgIpc) is 2.80. The maximum atomic E-state index is 12.9. The van der Waals surface area contributed by atoms with Gasteiger partial charge in [-0.2, -0.15) is 5.10 Å². The maximum absolute atomic E-state index is 12.9. The van der Waals surface area contributed by atoms with E-state index in [-0.39, 0.29) is 9.92 Å². The molecular formula is C21H19N3O7S. The van der Waals surface area contributed by atoms with Gasteiger partial charge in [-0.25, -0.2) is 17.9 Å². The molecule has 0 aliphatic heterocycles. The van der Waals surface area contributed by atoms with Gasteiger partial charge in [-0.05, 0) is 48.5 Å². The fourth-order valence-corrected chi connectivity index (χ4v) is 3.94. The van der Waals surface area contributed by atoms with Crippen LogP contribution in [-0.2, 0) is 25.9 Å². The smallest absolute Gasteiger partial charge is 0.337 e. The zero-order valence-corrected chi connectivity index (χ0v) is 18.0. The molecule has 0 bridgehead atoms. The molecular weight excluding hydrogens is 438 g/mol. The van der Waals surface area contributed by atoms with Gasteiger partial charge in [0.25, 0.3) is 5.56 Å². The molecule has 0 radical (unpaired) electrons. The largest absolute Gasteiger partial charge is 0.497 e. The van der Waals surface area contributed by atoms with Crippen molar-refractivity contribution in [3.05, 3.63) is 76.6 Å². The van der Waals surface area contributed by atoms with E-state index < -0.39 is 33.8 Å². The number of carbonyl (C=O) groups excluding carboxylic acids is 2. The lowest BCUT2D eigenvalue weighted by Crippen LogP contribution is -2.30. The Morgan fingerprint density at radius 3 is 2.41 bits per heavy atom. The SMILES string of the molecule is COC(=O)c1ccc(NC(=O)Cn2nc(S(=O)(=O)c3cccc(OC)c3)ccc2=O)cc1. The van der Waals surface area contributed by atoms with E-state index in [1.54, 1.807) is 6.07 Å². The molecule has 0 aliphatic rings. The standard InChI is InChI=1S/C21H19N3O7S/c1-30-16-4-3-5-17(12-16)32(28,29)19-10-11-20(26)24(23-19)13-18(25)22-15-8-6-14(7-9-15)21(27)31-2/h3-12H,13H2,1-2H3,(H,22,25). The van der Waals surface area contributed by atoms with Gasteiger partial charge in [0.05, 0.1) is 24.7 Å². The van der Waals surface area contributed by atoms with Gasteiger partial charge in [0.2, 0.25) is 15.7 Å². The topological polar surface area (TPSA) is 134 Å². The van der Waals surface area contributed by atoms with Gasteiger partial charge < -0.3 is 14.8 Å². The number of benzene rings is 2. The van der Waals surface area contributed by atoms with Crippen LogP contribution < -0.4 is 15.6 Å². The Hall–Kier alpha value is -3.99. The van der Waals surface area contributed by atoms with Crippen molar-refractivity contribution in [2.45, 2.75) is 16.5 Å². The van der Waals surface area contributed by atoms with Gasteiger partial charge in [0, 0.05) is 11.8 Å². The van der Waals surface area contributed by atoms with Crippen LogP contribution in [0, 0.1) is 0 Å². The summed E-state index contributed by atoms with van der Waals surface area (Å²) in [5, 5.41) is 6.02. The molecule has 0 saturated heterocycles. The Bertz CT molecular complexity index is 1320. The van der Waals surface area contributed by atoms with Gasteiger partial charge in [-0.15, -0.1) is 0 Å². The van der Waals surface area contributed by atoms with Crippen molar-refractivity contribution >= 4 is 27.4 Å². The molecule has 3 aromatic rings. The van der Waals surface area contributed by atoms with E-state index in [0.29, 0.717) is 17.0 Å². The Balaban J connectivity index is 1.80. The summed E-state index contributed by atoms with van der Waals surface area (Å²) in [6.45, 7) is -0.515. The number of hydrogen-bond acceptors (Lipinski definition) is 8. The van der Waals surface area contributed by atoms with E-state index in [9.17, 15) is 22.8 Å². The quantitative estimate of drug-likeness (QED) is 0.528. The fourth-order valence-electron chi connectivity index (χ4n) is 2.72. The van der Waals surface area contributed by atoms with Crippen molar-refractivity contribution in [1.82, 2.24) is 9.78 Å². The molecule has 11 heteroatoms. The van der Waals surface area contributed by atoms with Crippen LogP contribution in [0.2, 0.25) is 0 Å². The maximum Gasteiger partial charge on any atom is 0.337 e. The molecule has 0 atom stereocenters. The molecule has 1 amide bonds. The summed E-state index contributed by atoms with van der Waals surface area (Å²) in [5.74, 6) is -0.786. The van der Waals surface area contributed by atoms with Crippen LogP contribution in [0.4, 0.5) is 5.69 Å². The van der Waals surface area contributed by atoms with Crippen molar-refractivity contribution in [3.63, 3.8) is 0 Å². The molecule has 166 valence electrons. The van der Waals surface area contributed by atoms with E-state index in [4.69, 9.17) is 4.74 Å². The molecule has 0 aliphatic carbocycles. The summed E-state index contributed by atoms with van der Waals surface area (Å²) in [5.41, 5.74) is 0.0282. The molecule has 0 unspecified atom stereocenters. The first kappa shape index (κ1) is 22.7. The number of amides is 1. The van der Waals surface area contributed by atoms with Crippen LogP contribution in [0.5, 0.6) is 5.75 Å². The van der Waals surface area contributed by atoms with Gasteiger partial charge in [0.1, 0.15) is 12.3 Å². The van der Waals surface area contributed by atoms with Crippen LogP contribution in [0.3, 0.4) is 0 Å². The number of esters is 1. The first-order valence-corrected chi connectivity index (χ1v) is 10.7. The second-order valence-corrected chi connectivity index (χ2v) is 8.36. The number of nitrogens with one attached hydrogen (secondary N) is 1. The highest BCUT2D eigenvalue weighted by Gasteiger charge is 2.21. The number of hydrogen-bond donors (Lipinski definition) is 1. The number of rotatable bonds is 7. The van der Waals surface area contributed by atoms with Crippen molar-refractivity contribution in [1.29, 1.82) is 0 Å². The predicted molar refractivity (Wildman–Crippen MR) is 113 cm³/mol. The zero-order valence-electron chi connectivity index (χ0n) is 17.1. The summed E-state index contributed by atoms with van der Waals surface area (Å²) < 4.78 is 36.2. The number of anilines is 1. The molecule has 0 fully saturated rings. The third-order valence-electron chi connectivity index (χ3n) is 4.35. The molecule has 3 rings (SSSR count). The number of aromatic nitrogens is 2. The fraction of sp³-hybridized carbons (Fsp3) is 0.143. The van der Waals surface area contributed by atoms with E-state index >= 15 is 0 Å². The highest BCUT2D eigenvalue weighted by atomic mass is 32.2. The first-order chi connectivity index (χ1) is 15.2. The van der Waals surface area contributed by atoms with Gasteiger partial charge in [-0.1, -0.05) is 6.07 Å². The molecule has 2 aromatic carbocycles. The normalized spacial score (nSPS) is 10.9. The zero-order chi connectivity index (χ0) is 23.3. The molecule has 10 nitrogen and oxygen atoms in total. The van der Waals surface area contributed by atoms with Crippen molar-refractivity contribution in [3.8, 4) is 5.75 Å². The van der Waals surface area contributed by atoms with Crippen molar-refractivity contribution < 1.29 is 27.5 Å². The lowest BCUT2D eigenvalue weighted by molar-refractivity contribution is -0.117.